The smallest absolute Gasteiger partial charge is 0.240 e. The average molecular weight is 298 g/mol. The van der Waals surface area contributed by atoms with E-state index in [9.17, 15) is 8.42 Å². The zero-order valence-corrected chi connectivity index (χ0v) is 13.6. The van der Waals surface area contributed by atoms with E-state index in [-0.39, 0.29) is 6.04 Å². The second-order valence-electron chi connectivity index (χ2n) is 5.49. The maximum Gasteiger partial charge on any atom is 0.240 e. The highest BCUT2D eigenvalue weighted by Gasteiger charge is 2.14. The van der Waals surface area contributed by atoms with Gasteiger partial charge in [0.2, 0.25) is 10.0 Å². The van der Waals surface area contributed by atoms with E-state index in [1.54, 1.807) is 12.1 Å². The molecule has 0 aromatic heterocycles. The van der Waals surface area contributed by atoms with E-state index in [2.05, 4.69) is 23.9 Å². The van der Waals surface area contributed by atoms with Gasteiger partial charge in [-0.1, -0.05) is 32.9 Å². The van der Waals surface area contributed by atoms with Gasteiger partial charge in [0, 0.05) is 12.6 Å². The first kappa shape index (κ1) is 17.1. The Kier molecular flexibility index (Phi) is 6.65. The minimum absolute atomic E-state index is 0.232. The van der Waals surface area contributed by atoms with E-state index in [0.717, 1.165) is 18.5 Å². The van der Waals surface area contributed by atoms with Gasteiger partial charge in [0.05, 0.1) is 4.90 Å². The molecule has 0 saturated carbocycles. The van der Waals surface area contributed by atoms with Crippen LogP contribution in [0.15, 0.2) is 29.2 Å². The monoisotopic (exact) mass is 298 g/mol. The molecule has 1 aromatic carbocycles. The Morgan fingerprint density at radius 1 is 1.10 bits per heavy atom. The molecule has 0 radical (unpaired) electrons. The summed E-state index contributed by atoms with van der Waals surface area (Å²) in [6.45, 7) is 9.57. The predicted molar refractivity (Wildman–Crippen MR) is 83.2 cm³/mol. The van der Waals surface area contributed by atoms with Crippen molar-refractivity contribution in [2.45, 2.75) is 45.1 Å². The van der Waals surface area contributed by atoms with Crippen molar-refractivity contribution in [2.75, 3.05) is 13.1 Å². The maximum atomic E-state index is 12.1. The minimum atomic E-state index is -3.39. The standard InChI is InChI=1S/C15H26N2O2S/c1-5-10-16-13(4)14-6-8-15(9-7-14)20(18,19)17-11-12(2)3/h6-9,12-13,16-17H,5,10-11H2,1-4H3. The summed E-state index contributed by atoms with van der Waals surface area (Å²) in [6, 6.07) is 7.31. The summed E-state index contributed by atoms with van der Waals surface area (Å²) in [5.74, 6) is 0.294. The lowest BCUT2D eigenvalue weighted by Gasteiger charge is -2.14. The molecule has 114 valence electrons. The minimum Gasteiger partial charge on any atom is -0.310 e. The van der Waals surface area contributed by atoms with E-state index < -0.39 is 10.0 Å². The predicted octanol–water partition coefficient (Wildman–Crippen LogP) is 2.68. The van der Waals surface area contributed by atoms with Crippen molar-refractivity contribution in [1.29, 1.82) is 0 Å². The lowest BCUT2D eigenvalue weighted by atomic mass is 10.1. The lowest BCUT2D eigenvalue weighted by molar-refractivity contribution is 0.559. The SMILES string of the molecule is CCCNC(C)c1ccc(S(=O)(=O)NCC(C)C)cc1. The molecule has 0 aliphatic rings. The zero-order valence-electron chi connectivity index (χ0n) is 12.8. The fourth-order valence-electron chi connectivity index (χ4n) is 1.77. The summed E-state index contributed by atoms with van der Waals surface area (Å²) in [7, 11) is -3.39. The van der Waals surface area contributed by atoms with Gasteiger partial charge in [0.1, 0.15) is 0 Å². The molecule has 0 fully saturated rings. The fraction of sp³-hybridized carbons (Fsp3) is 0.600. The summed E-state index contributed by atoms with van der Waals surface area (Å²) < 4.78 is 26.7. The van der Waals surface area contributed by atoms with Gasteiger partial charge in [-0.3, -0.25) is 0 Å². The van der Waals surface area contributed by atoms with Crippen LogP contribution in [0.25, 0.3) is 0 Å². The maximum absolute atomic E-state index is 12.1. The first-order valence-electron chi connectivity index (χ1n) is 7.19. The van der Waals surface area contributed by atoms with Crippen molar-refractivity contribution in [3.8, 4) is 0 Å². The van der Waals surface area contributed by atoms with Gasteiger partial charge < -0.3 is 5.32 Å². The summed E-state index contributed by atoms with van der Waals surface area (Å²) >= 11 is 0. The molecular formula is C15H26N2O2S. The fourth-order valence-corrected chi connectivity index (χ4v) is 2.99. The number of benzene rings is 1. The summed E-state index contributed by atoms with van der Waals surface area (Å²) in [5, 5.41) is 3.38. The third-order valence-electron chi connectivity index (χ3n) is 3.07. The number of sulfonamides is 1. The van der Waals surface area contributed by atoms with Crippen LogP contribution in [0.1, 0.15) is 45.7 Å². The first-order chi connectivity index (χ1) is 9.36. The van der Waals surface area contributed by atoms with Gasteiger partial charge >= 0.3 is 0 Å². The largest absolute Gasteiger partial charge is 0.310 e. The molecule has 0 aliphatic heterocycles. The molecule has 20 heavy (non-hydrogen) atoms. The molecule has 1 unspecified atom stereocenters. The van der Waals surface area contributed by atoms with Gasteiger partial charge in [-0.05, 0) is 43.5 Å². The van der Waals surface area contributed by atoms with Crippen molar-refractivity contribution >= 4 is 10.0 Å². The molecule has 1 atom stereocenters. The van der Waals surface area contributed by atoms with E-state index in [4.69, 9.17) is 0 Å². The molecule has 0 aliphatic carbocycles. The Morgan fingerprint density at radius 2 is 1.70 bits per heavy atom. The quantitative estimate of drug-likeness (QED) is 0.776. The van der Waals surface area contributed by atoms with Crippen molar-refractivity contribution in [1.82, 2.24) is 10.0 Å². The second kappa shape index (κ2) is 7.76. The van der Waals surface area contributed by atoms with Gasteiger partial charge in [0.25, 0.3) is 0 Å². The summed E-state index contributed by atoms with van der Waals surface area (Å²) in [6.07, 6.45) is 1.08. The molecule has 5 heteroatoms. The number of hydrogen-bond donors (Lipinski definition) is 2. The third kappa shape index (κ3) is 5.23. The van der Waals surface area contributed by atoms with Gasteiger partial charge in [-0.25, -0.2) is 13.1 Å². The summed E-state index contributed by atoms with van der Waals surface area (Å²) in [5.41, 5.74) is 1.10. The van der Waals surface area contributed by atoms with E-state index in [1.165, 1.54) is 0 Å². The van der Waals surface area contributed by atoms with E-state index in [0.29, 0.717) is 17.4 Å². The molecular weight excluding hydrogens is 272 g/mol. The van der Waals surface area contributed by atoms with Crippen LogP contribution in [0.4, 0.5) is 0 Å². The van der Waals surface area contributed by atoms with Crippen LogP contribution < -0.4 is 10.0 Å². The molecule has 0 heterocycles. The Balaban J connectivity index is 2.75. The van der Waals surface area contributed by atoms with Crippen LogP contribution in [0.5, 0.6) is 0 Å². The van der Waals surface area contributed by atoms with Gasteiger partial charge in [0.15, 0.2) is 0 Å². The average Bonchev–Trinajstić information content (AvgIpc) is 2.43. The normalized spacial score (nSPS) is 13.7. The third-order valence-corrected chi connectivity index (χ3v) is 4.51. The Morgan fingerprint density at radius 3 is 2.20 bits per heavy atom. The molecule has 4 nitrogen and oxygen atoms in total. The molecule has 0 bridgehead atoms. The zero-order chi connectivity index (χ0) is 15.2. The summed E-state index contributed by atoms with van der Waals surface area (Å²) in [4.78, 5) is 0.324. The molecule has 0 amide bonds. The van der Waals surface area contributed by atoms with Crippen molar-refractivity contribution in [3.63, 3.8) is 0 Å². The van der Waals surface area contributed by atoms with Crippen LogP contribution in [0.2, 0.25) is 0 Å². The molecule has 1 aromatic rings. The van der Waals surface area contributed by atoms with Crippen LogP contribution >= 0.6 is 0 Å². The van der Waals surface area contributed by atoms with E-state index in [1.807, 2.05) is 26.0 Å². The highest BCUT2D eigenvalue weighted by molar-refractivity contribution is 7.89. The highest BCUT2D eigenvalue weighted by atomic mass is 32.2. The van der Waals surface area contributed by atoms with Crippen LogP contribution in [0.3, 0.4) is 0 Å². The van der Waals surface area contributed by atoms with Gasteiger partial charge in [-0.15, -0.1) is 0 Å². The van der Waals surface area contributed by atoms with E-state index >= 15 is 0 Å². The molecule has 1 rings (SSSR count). The van der Waals surface area contributed by atoms with Crippen LogP contribution in [-0.4, -0.2) is 21.5 Å². The molecule has 0 saturated heterocycles. The second-order valence-corrected chi connectivity index (χ2v) is 7.26. The molecule has 0 spiro atoms. The number of rotatable bonds is 8. The lowest BCUT2D eigenvalue weighted by Crippen LogP contribution is -2.27. The Bertz CT molecular complexity index is 495. The van der Waals surface area contributed by atoms with Gasteiger partial charge in [-0.2, -0.15) is 0 Å². The topological polar surface area (TPSA) is 58.2 Å². The number of nitrogens with one attached hydrogen (secondary N) is 2. The highest BCUT2D eigenvalue weighted by Crippen LogP contribution is 2.16. The Hall–Kier alpha value is -0.910. The van der Waals surface area contributed by atoms with Crippen molar-refractivity contribution < 1.29 is 8.42 Å². The van der Waals surface area contributed by atoms with Crippen LogP contribution in [-0.2, 0) is 10.0 Å². The van der Waals surface area contributed by atoms with Crippen molar-refractivity contribution in [2.24, 2.45) is 5.92 Å². The van der Waals surface area contributed by atoms with Crippen molar-refractivity contribution in [3.05, 3.63) is 29.8 Å². The number of hydrogen-bond acceptors (Lipinski definition) is 3. The molecule has 2 N–H and O–H groups in total. The Labute approximate surface area is 123 Å². The van der Waals surface area contributed by atoms with Crippen LogP contribution in [0, 0.1) is 5.92 Å². The first-order valence-corrected chi connectivity index (χ1v) is 8.68.